The lowest BCUT2D eigenvalue weighted by molar-refractivity contribution is -0.622. The molecule has 0 radical (unpaired) electrons. The number of nitrogens with zero attached hydrogens (tertiary/aromatic N) is 2. The van der Waals surface area contributed by atoms with E-state index >= 15 is 0 Å². The minimum atomic E-state index is -0.288. The lowest BCUT2D eigenvalue weighted by Gasteiger charge is -2.16. The Labute approximate surface area is 146 Å². The van der Waals surface area contributed by atoms with Crippen molar-refractivity contribution < 1.29 is 9.47 Å². The van der Waals surface area contributed by atoms with Crippen LogP contribution in [0.2, 0.25) is 0 Å². The molecule has 1 aromatic carbocycles. The Morgan fingerprint density at radius 2 is 2.00 bits per heavy atom. The molecule has 0 saturated carbocycles. The molecule has 25 heavy (non-hydrogen) atoms. The molecule has 0 saturated heterocycles. The highest BCUT2D eigenvalue weighted by molar-refractivity contribution is 5.97. The first-order valence-corrected chi connectivity index (χ1v) is 8.33. The van der Waals surface area contributed by atoms with Crippen LogP contribution in [0.15, 0.2) is 29.1 Å². The van der Waals surface area contributed by atoms with Gasteiger partial charge in [-0.15, -0.1) is 4.73 Å². The second-order valence-electron chi connectivity index (χ2n) is 6.73. The van der Waals surface area contributed by atoms with Crippen LogP contribution in [-0.2, 0) is 13.5 Å². The summed E-state index contributed by atoms with van der Waals surface area (Å²) in [6.45, 7) is 5.88. The predicted molar refractivity (Wildman–Crippen MR) is 97.8 cm³/mol. The van der Waals surface area contributed by atoms with E-state index in [1.807, 2.05) is 45.0 Å². The Bertz CT molecular complexity index is 999. The van der Waals surface area contributed by atoms with Crippen molar-refractivity contribution >= 4 is 10.9 Å². The fourth-order valence-corrected chi connectivity index (χ4v) is 3.34. The number of methoxy groups -OCH3 is 1. The Hall–Kier alpha value is -2.76. The molecule has 132 valence electrons. The van der Waals surface area contributed by atoms with Crippen LogP contribution in [-0.4, -0.2) is 16.7 Å². The van der Waals surface area contributed by atoms with E-state index in [9.17, 15) is 10.0 Å². The zero-order valence-electron chi connectivity index (χ0n) is 15.2. The monoisotopic (exact) mass is 341 g/mol. The van der Waals surface area contributed by atoms with E-state index in [1.165, 1.54) is 11.7 Å². The molecule has 3 rings (SSSR count). The van der Waals surface area contributed by atoms with Gasteiger partial charge in [0.15, 0.2) is 5.69 Å². The molecule has 0 spiro atoms. The van der Waals surface area contributed by atoms with E-state index in [4.69, 9.17) is 4.74 Å². The average molecular weight is 341 g/mol. The predicted octanol–water partition coefficient (Wildman–Crippen LogP) is 2.68. The molecular weight excluding hydrogens is 318 g/mol. The number of hydrogen-bond donors (Lipinski definition) is 1. The van der Waals surface area contributed by atoms with Crippen molar-refractivity contribution in [1.82, 2.24) is 9.55 Å². The molecule has 3 aromatic rings. The van der Waals surface area contributed by atoms with E-state index in [0.29, 0.717) is 16.8 Å². The van der Waals surface area contributed by atoms with Crippen LogP contribution < -0.4 is 15.0 Å². The molecule has 1 N–H and O–H groups in total. The summed E-state index contributed by atoms with van der Waals surface area (Å²) >= 11 is 0. The third-order valence-electron chi connectivity index (χ3n) is 4.44. The van der Waals surface area contributed by atoms with Gasteiger partial charge in [0.25, 0.3) is 5.69 Å². The highest BCUT2D eigenvalue weighted by Gasteiger charge is 2.29. The van der Waals surface area contributed by atoms with Crippen LogP contribution in [0, 0.1) is 18.0 Å². The van der Waals surface area contributed by atoms with Gasteiger partial charge in [-0.05, 0) is 18.9 Å². The molecule has 0 unspecified atom stereocenters. The Balaban J connectivity index is 2.40. The minimum Gasteiger partial charge on any atom is -0.616 e. The van der Waals surface area contributed by atoms with E-state index < -0.39 is 0 Å². The maximum atomic E-state index is 12.8. The van der Waals surface area contributed by atoms with Gasteiger partial charge in [-0.1, -0.05) is 32.0 Å². The van der Waals surface area contributed by atoms with Crippen molar-refractivity contribution in [3.63, 3.8) is 0 Å². The van der Waals surface area contributed by atoms with Gasteiger partial charge in [0, 0.05) is 35.6 Å². The highest BCUT2D eigenvalue weighted by Crippen LogP contribution is 2.35. The zero-order valence-corrected chi connectivity index (χ0v) is 15.2. The first-order chi connectivity index (χ1) is 11.9. The third-order valence-corrected chi connectivity index (χ3v) is 4.44. The summed E-state index contributed by atoms with van der Waals surface area (Å²) in [6, 6.07) is 7.81. The first kappa shape index (κ1) is 17.1. The van der Waals surface area contributed by atoms with Crippen molar-refractivity contribution in [3.8, 4) is 17.1 Å². The van der Waals surface area contributed by atoms with Gasteiger partial charge in [-0.25, -0.2) is 0 Å². The molecule has 0 aliphatic rings. The number of rotatable bonds is 4. The maximum Gasteiger partial charge on any atom is 0.404 e. The molecule has 0 bridgehead atoms. The first-order valence-electron chi connectivity index (χ1n) is 8.33. The molecule has 0 aliphatic carbocycles. The van der Waals surface area contributed by atoms with Gasteiger partial charge < -0.3 is 14.9 Å². The van der Waals surface area contributed by atoms with Gasteiger partial charge >= 0.3 is 11.4 Å². The van der Waals surface area contributed by atoms with Crippen LogP contribution in [0.3, 0.4) is 0 Å². The summed E-state index contributed by atoms with van der Waals surface area (Å²) < 4.78 is 7.61. The van der Waals surface area contributed by atoms with Crippen molar-refractivity contribution in [1.29, 1.82) is 0 Å². The van der Waals surface area contributed by atoms with Crippen molar-refractivity contribution in [2.24, 2.45) is 13.0 Å². The summed E-state index contributed by atoms with van der Waals surface area (Å²) in [5.41, 5.74) is 3.05. The normalized spacial score (nSPS) is 11.4. The number of nitrogens with one attached hydrogen (secondary N) is 1. The van der Waals surface area contributed by atoms with Crippen molar-refractivity contribution in [2.75, 3.05) is 7.11 Å². The number of hydrogen-bond acceptors (Lipinski definition) is 3. The fourth-order valence-electron chi connectivity index (χ4n) is 3.34. The zero-order chi connectivity index (χ0) is 18.3. The third kappa shape index (κ3) is 2.67. The number of fused-ring (bicyclic) bond motifs is 1. The van der Waals surface area contributed by atoms with E-state index in [2.05, 4.69) is 4.98 Å². The minimum absolute atomic E-state index is 0.144. The topological polar surface area (TPSA) is 74.0 Å². The number of para-hydroxylation sites is 1. The molecule has 2 aromatic heterocycles. The standard InChI is InChI=1S/C19H23N3O3/c1-11(2)10-15-18(23)21(4)17(19(25-5)22(15)24)16-12(3)20-14-9-7-6-8-13(14)16/h6-9,11,20H,10H2,1-5H3. The number of aryl methyl sites for hydroxylation is 1. The van der Waals surface area contributed by atoms with Crippen molar-refractivity contribution in [3.05, 3.63) is 51.2 Å². The maximum absolute atomic E-state index is 12.8. The molecule has 0 amide bonds. The van der Waals surface area contributed by atoms with Crippen molar-refractivity contribution in [2.45, 2.75) is 27.2 Å². The number of benzene rings is 1. The Morgan fingerprint density at radius 1 is 1.32 bits per heavy atom. The van der Waals surface area contributed by atoms with Crippen LogP contribution in [0.25, 0.3) is 22.2 Å². The van der Waals surface area contributed by atoms with E-state index in [1.54, 1.807) is 7.05 Å². The summed E-state index contributed by atoms with van der Waals surface area (Å²) in [4.78, 5) is 16.1. The second-order valence-corrected chi connectivity index (χ2v) is 6.73. The van der Waals surface area contributed by atoms with Gasteiger partial charge in [0.2, 0.25) is 0 Å². The molecule has 0 fully saturated rings. The van der Waals surface area contributed by atoms with Gasteiger partial charge in [0.1, 0.15) is 0 Å². The summed E-state index contributed by atoms with van der Waals surface area (Å²) in [5, 5.41) is 13.8. The van der Waals surface area contributed by atoms with Gasteiger partial charge in [-0.3, -0.25) is 9.36 Å². The molecule has 6 nitrogen and oxygen atoms in total. The largest absolute Gasteiger partial charge is 0.616 e. The van der Waals surface area contributed by atoms with Crippen LogP contribution in [0.5, 0.6) is 5.88 Å². The molecule has 2 heterocycles. The molecule has 0 atom stereocenters. The number of aromatic nitrogens is 3. The Kier molecular flexibility index (Phi) is 4.29. The lowest BCUT2D eigenvalue weighted by Crippen LogP contribution is -2.45. The number of H-pyrrole nitrogens is 1. The fraction of sp³-hybridized carbons (Fsp3) is 0.368. The summed E-state index contributed by atoms with van der Waals surface area (Å²) in [6.07, 6.45) is 0.402. The molecule has 0 aliphatic heterocycles. The summed E-state index contributed by atoms with van der Waals surface area (Å²) in [7, 11) is 3.15. The molecule has 6 heteroatoms. The van der Waals surface area contributed by atoms with Crippen LogP contribution in [0.1, 0.15) is 25.2 Å². The van der Waals surface area contributed by atoms with Gasteiger partial charge in [-0.2, -0.15) is 0 Å². The number of aromatic amines is 1. The Morgan fingerprint density at radius 3 is 2.64 bits per heavy atom. The van der Waals surface area contributed by atoms with E-state index in [0.717, 1.165) is 22.2 Å². The quantitative estimate of drug-likeness (QED) is 0.586. The van der Waals surface area contributed by atoms with E-state index in [-0.39, 0.29) is 23.1 Å². The highest BCUT2D eigenvalue weighted by atomic mass is 16.5. The molecular formula is C19H23N3O3. The van der Waals surface area contributed by atoms with Crippen LogP contribution >= 0.6 is 0 Å². The van der Waals surface area contributed by atoms with Gasteiger partial charge in [0.05, 0.1) is 7.11 Å². The smallest absolute Gasteiger partial charge is 0.404 e. The second kappa shape index (κ2) is 6.27. The SMILES string of the molecule is COc1c(-c2c(C)[nH]c3ccccc23)n(C)c(=O)c(CC(C)C)[n+]1[O-]. The average Bonchev–Trinajstić information content (AvgIpc) is 2.90. The number of ether oxygens (including phenoxy) is 1. The lowest BCUT2D eigenvalue weighted by atomic mass is 10.1. The van der Waals surface area contributed by atoms with Crippen LogP contribution in [0.4, 0.5) is 0 Å². The summed E-state index contributed by atoms with van der Waals surface area (Å²) in [5.74, 6) is 0.337.